The number of hydrogen-bond donors (Lipinski definition) is 2. The van der Waals surface area contributed by atoms with Crippen molar-refractivity contribution in [3.05, 3.63) is 24.3 Å². The minimum atomic E-state index is -4.55. The first-order valence-corrected chi connectivity index (χ1v) is 8.59. The smallest absolute Gasteiger partial charge is 0.422 e. The summed E-state index contributed by atoms with van der Waals surface area (Å²) in [5.74, 6) is -0.121. The highest BCUT2D eigenvalue weighted by atomic mass is 19.4. The van der Waals surface area contributed by atoms with Crippen LogP contribution < -0.4 is 20.1 Å². The second-order valence-corrected chi connectivity index (χ2v) is 6.18. The molecule has 0 amide bonds. The molecule has 1 aromatic carbocycles. The van der Waals surface area contributed by atoms with E-state index >= 15 is 0 Å². The number of halogens is 5. The Labute approximate surface area is 163 Å². The molecule has 0 radical (unpaired) electrons. The Morgan fingerprint density at radius 1 is 1.00 bits per heavy atom. The van der Waals surface area contributed by atoms with Gasteiger partial charge in [-0.2, -0.15) is 36.9 Å². The molecule has 29 heavy (non-hydrogen) atoms. The van der Waals surface area contributed by atoms with Crippen LogP contribution in [-0.4, -0.2) is 39.9 Å². The van der Waals surface area contributed by atoms with Gasteiger partial charge in [0.15, 0.2) is 6.61 Å². The van der Waals surface area contributed by atoms with Crippen LogP contribution in [0.25, 0.3) is 0 Å². The van der Waals surface area contributed by atoms with E-state index in [1.807, 2.05) is 13.8 Å². The monoisotopic (exact) mass is 421 g/mol. The molecule has 0 spiro atoms. The third kappa shape index (κ3) is 8.32. The lowest BCUT2D eigenvalue weighted by Crippen LogP contribution is -2.21. The first-order chi connectivity index (χ1) is 13.4. The zero-order valence-electron chi connectivity index (χ0n) is 15.8. The van der Waals surface area contributed by atoms with Gasteiger partial charge in [-0.05, 0) is 37.6 Å². The Morgan fingerprint density at radius 2 is 1.62 bits per heavy atom. The highest BCUT2D eigenvalue weighted by molar-refractivity contribution is 5.55. The van der Waals surface area contributed by atoms with Gasteiger partial charge >= 0.3 is 18.3 Å². The minimum Gasteiger partial charge on any atom is -0.454 e. The average Bonchev–Trinajstić information content (AvgIpc) is 2.59. The molecule has 2 N–H and O–H groups in total. The molecule has 2 aromatic rings. The van der Waals surface area contributed by atoms with Crippen molar-refractivity contribution in [2.45, 2.75) is 45.5 Å². The summed E-state index contributed by atoms with van der Waals surface area (Å²) in [5.41, 5.74) is 0.388. The summed E-state index contributed by atoms with van der Waals surface area (Å²) in [4.78, 5) is 11.7. The molecule has 0 aliphatic carbocycles. The quantitative estimate of drug-likeness (QED) is 0.565. The van der Waals surface area contributed by atoms with Gasteiger partial charge in [-0.3, -0.25) is 0 Å². The molecule has 0 bridgehead atoms. The number of ether oxygens (including phenoxy) is 2. The zero-order valence-corrected chi connectivity index (χ0v) is 15.8. The van der Waals surface area contributed by atoms with Gasteiger partial charge < -0.3 is 20.1 Å². The van der Waals surface area contributed by atoms with Gasteiger partial charge in [0, 0.05) is 18.7 Å². The first kappa shape index (κ1) is 22.4. The molecule has 1 unspecified atom stereocenters. The van der Waals surface area contributed by atoms with Crippen LogP contribution in [0.15, 0.2) is 24.3 Å². The lowest BCUT2D eigenvalue weighted by molar-refractivity contribution is -0.159. The normalized spacial score (nSPS) is 13.0. The number of rotatable bonds is 9. The van der Waals surface area contributed by atoms with E-state index in [1.54, 1.807) is 0 Å². The number of nitrogens with zero attached hydrogens (tertiary/aromatic N) is 3. The summed E-state index contributed by atoms with van der Waals surface area (Å²) in [6.45, 7) is 2.80. The van der Waals surface area contributed by atoms with Gasteiger partial charge in [0.2, 0.25) is 11.9 Å². The van der Waals surface area contributed by atoms with E-state index in [-0.39, 0.29) is 23.7 Å². The van der Waals surface area contributed by atoms with Crippen LogP contribution in [0.4, 0.5) is 39.5 Å². The van der Waals surface area contributed by atoms with Crippen molar-refractivity contribution in [1.82, 2.24) is 15.0 Å². The van der Waals surface area contributed by atoms with E-state index in [9.17, 15) is 22.0 Å². The third-order valence-electron chi connectivity index (χ3n) is 3.38. The Morgan fingerprint density at radius 3 is 2.17 bits per heavy atom. The second-order valence-electron chi connectivity index (χ2n) is 6.18. The van der Waals surface area contributed by atoms with Crippen LogP contribution >= 0.6 is 0 Å². The third-order valence-corrected chi connectivity index (χ3v) is 3.38. The summed E-state index contributed by atoms with van der Waals surface area (Å²) < 4.78 is 72.0. The maximum Gasteiger partial charge on any atom is 0.422 e. The number of alkyl halides is 5. The van der Waals surface area contributed by atoms with Crippen molar-refractivity contribution in [2.24, 2.45) is 0 Å². The fourth-order valence-electron chi connectivity index (χ4n) is 1.95. The molecule has 12 heteroatoms. The Hall–Kier alpha value is -2.92. The van der Waals surface area contributed by atoms with E-state index < -0.39 is 24.9 Å². The molecule has 1 atom stereocenters. The Bertz CT molecular complexity index is 796. The largest absolute Gasteiger partial charge is 0.454 e. The molecular weight excluding hydrogens is 401 g/mol. The molecule has 1 heterocycles. The molecule has 0 saturated carbocycles. The van der Waals surface area contributed by atoms with E-state index in [1.165, 1.54) is 24.3 Å². The van der Waals surface area contributed by atoms with Gasteiger partial charge in [-0.25, -0.2) is 0 Å². The van der Waals surface area contributed by atoms with Crippen molar-refractivity contribution in [3.63, 3.8) is 0 Å². The minimum absolute atomic E-state index is 0.0274. The van der Waals surface area contributed by atoms with Gasteiger partial charge in [0.25, 0.3) is 0 Å². The van der Waals surface area contributed by atoms with E-state index in [2.05, 4.69) is 35.1 Å². The molecule has 1 aromatic heterocycles. The summed E-state index contributed by atoms with van der Waals surface area (Å²) in [6, 6.07) is 4.86. The van der Waals surface area contributed by atoms with Crippen molar-refractivity contribution >= 4 is 17.6 Å². The highest BCUT2D eigenvalue weighted by Gasteiger charge is 2.29. The molecule has 7 nitrogen and oxygen atoms in total. The fraction of sp³-hybridized carbons (Fsp3) is 0.471. The number of benzene rings is 1. The van der Waals surface area contributed by atoms with Crippen LogP contribution in [0.5, 0.6) is 11.8 Å². The zero-order chi connectivity index (χ0) is 21.7. The van der Waals surface area contributed by atoms with Crippen molar-refractivity contribution in [1.29, 1.82) is 0 Å². The maximum atomic E-state index is 12.9. The summed E-state index contributed by atoms with van der Waals surface area (Å²) in [5, 5.41) is 5.68. The fourth-order valence-corrected chi connectivity index (χ4v) is 1.95. The Kier molecular flexibility index (Phi) is 6.98. The standard InChI is InChI=1S/C17H20F5N5O2/c1-4-10(2)23-13-25-14(27-15(26-13)28-9-17(20,21)22)24-11-5-7-12(8-6-11)29-16(3,18)19/h5-8,10H,4,9H2,1-3H3,(H2,23,24,25,26,27). The van der Waals surface area contributed by atoms with E-state index in [0.29, 0.717) is 12.6 Å². The second kappa shape index (κ2) is 9.05. The topological polar surface area (TPSA) is 81.2 Å². The highest BCUT2D eigenvalue weighted by Crippen LogP contribution is 2.24. The van der Waals surface area contributed by atoms with E-state index in [4.69, 9.17) is 0 Å². The van der Waals surface area contributed by atoms with Crippen LogP contribution in [0.2, 0.25) is 0 Å². The predicted octanol–water partition coefficient (Wildman–Crippen LogP) is 4.76. The molecule has 0 fully saturated rings. The number of aromatic nitrogens is 3. The van der Waals surface area contributed by atoms with E-state index in [0.717, 1.165) is 6.42 Å². The maximum absolute atomic E-state index is 12.9. The molecule has 0 aliphatic rings. The van der Waals surface area contributed by atoms with Crippen molar-refractivity contribution in [2.75, 3.05) is 17.2 Å². The summed E-state index contributed by atoms with van der Waals surface area (Å²) in [6.07, 6.45) is -7.16. The number of hydrogen-bond acceptors (Lipinski definition) is 7. The van der Waals surface area contributed by atoms with Crippen molar-refractivity contribution in [3.8, 4) is 11.8 Å². The molecule has 2 rings (SSSR count). The summed E-state index contributed by atoms with van der Waals surface area (Å²) in [7, 11) is 0. The molecule has 0 saturated heterocycles. The first-order valence-electron chi connectivity index (χ1n) is 8.59. The van der Waals surface area contributed by atoms with Crippen LogP contribution in [0.1, 0.15) is 27.2 Å². The lowest BCUT2D eigenvalue weighted by atomic mass is 10.3. The SMILES string of the molecule is CCC(C)Nc1nc(Nc2ccc(OC(C)(F)F)cc2)nc(OCC(F)(F)F)n1. The van der Waals surface area contributed by atoms with Gasteiger partial charge in [-0.1, -0.05) is 6.92 Å². The van der Waals surface area contributed by atoms with Crippen LogP contribution in [0, 0.1) is 0 Å². The lowest BCUT2D eigenvalue weighted by Gasteiger charge is -2.15. The summed E-state index contributed by atoms with van der Waals surface area (Å²) >= 11 is 0. The van der Waals surface area contributed by atoms with Gasteiger partial charge in [0.05, 0.1) is 0 Å². The molecule has 160 valence electrons. The number of anilines is 3. The average molecular weight is 421 g/mol. The van der Waals surface area contributed by atoms with Crippen LogP contribution in [-0.2, 0) is 0 Å². The number of nitrogens with one attached hydrogen (secondary N) is 2. The van der Waals surface area contributed by atoms with Gasteiger partial charge in [0.1, 0.15) is 5.75 Å². The molecular formula is C17H20F5N5O2. The predicted molar refractivity (Wildman–Crippen MR) is 95.7 cm³/mol. The van der Waals surface area contributed by atoms with Crippen molar-refractivity contribution < 1.29 is 31.4 Å². The Balaban J connectivity index is 2.19. The molecule has 0 aliphatic heterocycles. The van der Waals surface area contributed by atoms with Crippen LogP contribution in [0.3, 0.4) is 0 Å². The van der Waals surface area contributed by atoms with Gasteiger partial charge in [-0.15, -0.1) is 0 Å².